The van der Waals surface area contributed by atoms with Gasteiger partial charge in [-0.3, -0.25) is 22.9 Å². The second kappa shape index (κ2) is 10.7. The van der Waals surface area contributed by atoms with Crippen LogP contribution in [0, 0.1) is 23.7 Å². The third-order valence-electron chi connectivity index (χ3n) is 8.64. The molecule has 6 unspecified atom stereocenters. The van der Waals surface area contributed by atoms with E-state index in [2.05, 4.69) is 11.4 Å². The Kier molecular flexibility index (Phi) is 7.08. The highest BCUT2D eigenvalue weighted by atomic mass is 32.2. The Hall–Kier alpha value is -3.36. The van der Waals surface area contributed by atoms with E-state index >= 15 is 0 Å². The molecule has 1 amide bonds. The molecule has 204 valence electrons. The van der Waals surface area contributed by atoms with E-state index in [1.165, 1.54) is 12.5 Å². The molecule has 6 atom stereocenters. The molecule has 4 aliphatic rings. The monoisotopic (exact) mass is 546 g/mol. The van der Waals surface area contributed by atoms with Crippen LogP contribution in [0.15, 0.2) is 72.4 Å². The van der Waals surface area contributed by atoms with Crippen molar-refractivity contribution in [3.05, 3.63) is 83.6 Å². The van der Waals surface area contributed by atoms with E-state index in [0.29, 0.717) is 12.1 Å². The fourth-order valence-corrected chi connectivity index (χ4v) is 8.00. The van der Waals surface area contributed by atoms with Crippen molar-refractivity contribution >= 4 is 40.0 Å². The third kappa shape index (κ3) is 4.80. The first kappa shape index (κ1) is 25.9. The van der Waals surface area contributed by atoms with Gasteiger partial charge in [-0.25, -0.2) is 4.21 Å². The number of anilines is 1. The number of amides is 1. The van der Waals surface area contributed by atoms with Gasteiger partial charge in [-0.2, -0.15) is 0 Å². The van der Waals surface area contributed by atoms with E-state index in [1.807, 2.05) is 42.5 Å². The predicted molar refractivity (Wildman–Crippen MR) is 151 cm³/mol. The Morgan fingerprint density at radius 1 is 1.08 bits per heavy atom. The number of allylic oxidation sites excluding steroid dienone is 2. The topological polar surface area (TPSA) is 92.8 Å². The summed E-state index contributed by atoms with van der Waals surface area (Å²) in [7, 11) is 0. The maximum atomic E-state index is 13.8. The van der Waals surface area contributed by atoms with Gasteiger partial charge in [0.25, 0.3) is 11.3 Å². The van der Waals surface area contributed by atoms with Gasteiger partial charge >= 0.3 is 0 Å². The number of hydrogen-bond donors (Lipinski definition) is 1. The number of fused-ring (bicyclic) bond motifs is 5. The predicted octanol–water partition coefficient (Wildman–Crippen LogP) is 5.23. The van der Waals surface area contributed by atoms with Gasteiger partial charge in [0.2, 0.25) is 17.5 Å². The number of benzene rings is 2. The van der Waals surface area contributed by atoms with E-state index < -0.39 is 23.2 Å². The Morgan fingerprint density at radius 2 is 1.85 bits per heavy atom. The minimum absolute atomic E-state index is 0. The van der Waals surface area contributed by atoms with E-state index in [9.17, 15) is 18.6 Å². The van der Waals surface area contributed by atoms with Crippen LogP contribution >= 0.6 is 0 Å². The van der Waals surface area contributed by atoms with Gasteiger partial charge in [0.1, 0.15) is 0 Å². The average molecular weight is 547 g/mol. The second-order valence-electron chi connectivity index (χ2n) is 10.9. The fraction of sp³-hybridized carbons (Fsp3) is 0.387. The van der Waals surface area contributed by atoms with E-state index in [1.54, 1.807) is 22.6 Å². The van der Waals surface area contributed by atoms with Crippen molar-refractivity contribution in [2.24, 2.45) is 23.7 Å². The summed E-state index contributed by atoms with van der Waals surface area (Å²) >= 11 is -1.87. The Bertz CT molecular complexity index is 1390. The lowest BCUT2D eigenvalue weighted by atomic mass is 9.57. The number of nitrogens with zero attached hydrogens (tertiary/aromatic N) is 1. The summed E-state index contributed by atoms with van der Waals surface area (Å²) in [5.74, 6) is -1.79. The van der Waals surface area contributed by atoms with Crippen LogP contribution in [0.3, 0.4) is 0 Å². The zero-order valence-corrected chi connectivity index (χ0v) is 22.7. The van der Waals surface area contributed by atoms with E-state index in [0.717, 1.165) is 42.4 Å². The van der Waals surface area contributed by atoms with E-state index in [-0.39, 0.29) is 43.3 Å². The molecule has 6 rings (SSSR count). The molecule has 0 radical (unpaired) electrons. The lowest BCUT2D eigenvalue weighted by Crippen LogP contribution is -2.57. The van der Waals surface area contributed by atoms with Crippen LogP contribution < -0.4 is 5.32 Å². The van der Waals surface area contributed by atoms with Crippen LogP contribution in [0.4, 0.5) is 5.69 Å². The molecule has 2 fully saturated rings. The van der Waals surface area contributed by atoms with Crippen LogP contribution in [0.25, 0.3) is 5.57 Å². The first-order valence-electron chi connectivity index (χ1n) is 13.7. The number of Topliss-reactive ketones (excluding diaryl/α,β-unsaturated/α-hetero) is 2. The number of ketones is 2. The fourth-order valence-electron chi connectivity index (χ4n) is 6.97. The maximum Gasteiger partial charge on any atom is 0.264 e. The highest BCUT2D eigenvalue weighted by molar-refractivity contribution is 7.77. The molecule has 2 aromatic rings. The molecule has 2 aromatic carbocycles. The summed E-state index contributed by atoms with van der Waals surface area (Å²) in [5.41, 5.74) is 4.38. The van der Waals surface area contributed by atoms with Crippen molar-refractivity contribution in [2.75, 3.05) is 5.32 Å². The molecule has 0 bridgehead atoms. The highest BCUT2D eigenvalue weighted by Crippen LogP contribution is 2.53. The van der Waals surface area contributed by atoms with Gasteiger partial charge in [-0.15, -0.1) is 0 Å². The molecule has 0 spiro atoms. The van der Waals surface area contributed by atoms with Gasteiger partial charge in [-0.1, -0.05) is 60.5 Å². The summed E-state index contributed by atoms with van der Waals surface area (Å²) in [4.78, 5) is 38.7. The summed E-state index contributed by atoms with van der Waals surface area (Å²) in [6, 6.07) is 16.3. The summed E-state index contributed by atoms with van der Waals surface area (Å²) in [5, 5.41) is 2.73. The third-order valence-corrected chi connectivity index (χ3v) is 9.65. The highest BCUT2D eigenvalue weighted by Gasteiger charge is 2.59. The quantitative estimate of drug-likeness (QED) is 0.396. The van der Waals surface area contributed by atoms with Crippen molar-refractivity contribution in [1.29, 1.82) is 0 Å². The molecular formula is C31H34N2O5S. The van der Waals surface area contributed by atoms with Crippen LogP contribution in [0.5, 0.6) is 0 Å². The first-order valence-corrected chi connectivity index (χ1v) is 14.7. The standard InChI is InChI=1S/C31H32N2O5S.H2/c1-19(34)32-23-14-11-20(12-15-23)18-38-39(37)33-17-26(21-7-3-2-4-8-21)28-29(33)25-16-13-22-9-5-6-10-24(22)27(25)30(35)31(28)36;/h2-4,7-8,11-15,17,24-25,27-29H,5-6,9-10,16,18H2,1H3,(H,32,34);1H. The number of carbonyl (C=O) groups excluding carboxylic acids is 3. The molecule has 3 aliphatic carbocycles. The summed E-state index contributed by atoms with van der Waals surface area (Å²) < 4.78 is 21.3. The van der Waals surface area contributed by atoms with Crippen molar-refractivity contribution in [3.63, 3.8) is 0 Å². The number of nitrogens with one attached hydrogen (secondary N) is 1. The zero-order valence-electron chi connectivity index (χ0n) is 21.9. The lowest BCUT2D eigenvalue weighted by molar-refractivity contribution is -0.148. The van der Waals surface area contributed by atoms with Crippen molar-refractivity contribution < 1.29 is 24.2 Å². The Morgan fingerprint density at radius 3 is 2.59 bits per heavy atom. The van der Waals surface area contributed by atoms with Crippen molar-refractivity contribution in [3.8, 4) is 0 Å². The van der Waals surface area contributed by atoms with Gasteiger partial charge in [0.15, 0.2) is 0 Å². The molecule has 1 N–H and O–H groups in total. The Labute approximate surface area is 232 Å². The van der Waals surface area contributed by atoms with Crippen LogP contribution in [-0.2, 0) is 36.4 Å². The molecular weight excluding hydrogens is 512 g/mol. The van der Waals surface area contributed by atoms with Gasteiger partial charge in [0.05, 0.1) is 18.6 Å². The number of rotatable bonds is 6. The summed E-state index contributed by atoms with van der Waals surface area (Å²) in [6.45, 7) is 1.55. The van der Waals surface area contributed by atoms with Crippen LogP contribution in [0.2, 0.25) is 0 Å². The largest absolute Gasteiger partial charge is 0.326 e. The van der Waals surface area contributed by atoms with E-state index in [4.69, 9.17) is 4.18 Å². The smallest absolute Gasteiger partial charge is 0.264 e. The zero-order chi connectivity index (χ0) is 27.1. The van der Waals surface area contributed by atoms with Crippen LogP contribution in [-0.4, -0.2) is 32.0 Å². The molecule has 0 saturated heterocycles. The minimum Gasteiger partial charge on any atom is -0.326 e. The average Bonchev–Trinajstić information content (AvgIpc) is 3.36. The van der Waals surface area contributed by atoms with Gasteiger partial charge in [-0.05, 0) is 66.4 Å². The van der Waals surface area contributed by atoms with Crippen molar-refractivity contribution in [1.82, 2.24) is 4.31 Å². The molecule has 8 heteroatoms. The second-order valence-corrected chi connectivity index (χ2v) is 12.0. The molecule has 1 aliphatic heterocycles. The normalized spacial score (nSPS) is 28.5. The first-order chi connectivity index (χ1) is 18.9. The van der Waals surface area contributed by atoms with Crippen LogP contribution in [0.1, 0.15) is 51.6 Å². The summed E-state index contributed by atoms with van der Waals surface area (Å²) in [6.07, 6.45) is 8.88. The molecule has 2 saturated carbocycles. The Balaban J connectivity index is 0.00000323. The number of hydrogen-bond acceptors (Lipinski definition) is 5. The molecule has 39 heavy (non-hydrogen) atoms. The van der Waals surface area contributed by atoms with Gasteiger partial charge < -0.3 is 5.32 Å². The number of carbonyl (C=O) groups is 3. The van der Waals surface area contributed by atoms with Crippen molar-refractivity contribution in [2.45, 2.75) is 51.7 Å². The van der Waals surface area contributed by atoms with Gasteiger partial charge in [0, 0.05) is 26.2 Å². The molecule has 1 heterocycles. The molecule has 0 aromatic heterocycles. The minimum atomic E-state index is -1.87. The maximum absolute atomic E-state index is 13.8. The molecule has 7 nitrogen and oxygen atoms in total. The lowest BCUT2D eigenvalue weighted by Gasteiger charge is -2.48. The SMILES string of the molecule is CC(=O)Nc1ccc(COS(=O)N2C=C(c3ccccc3)C3C(=O)C(=O)C4C5CCCCC5=CCC4C32)cc1.[HH].